The highest BCUT2D eigenvalue weighted by molar-refractivity contribution is 6.01. The molecular weight excluding hydrogens is 466 g/mol. The maximum absolute atomic E-state index is 13.4. The quantitative estimate of drug-likeness (QED) is 0.364. The Morgan fingerprint density at radius 2 is 1.81 bits per heavy atom. The van der Waals surface area contributed by atoms with Crippen LogP contribution in [0.2, 0.25) is 0 Å². The number of rotatable bonds is 6. The molecule has 0 fully saturated rings. The van der Waals surface area contributed by atoms with Crippen molar-refractivity contribution in [3.63, 3.8) is 0 Å². The Labute approximate surface area is 215 Å². The van der Waals surface area contributed by atoms with Gasteiger partial charge in [0.25, 0.3) is 11.8 Å². The lowest BCUT2D eigenvalue weighted by Crippen LogP contribution is -2.39. The molecule has 2 amide bonds. The average Bonchev–Trinajstić information content (AvgIpc) is 3.25. The van der Waals surface area contributed by atoms with E-state index < -0.39 is 0 Å². The second-order valence-electron chi connectivity index (χ2n) is 9.26. The van der Waals surface area contributed by atoms with Crippen LogP contribution in [0.15, 0.2) is 60.8 Å². The molecule has 8 heteroatoms. The first-order chi connectivity index (χ1) is 17.9. The fourth-order valence-corrected chi connectivity index (χ4v) is 4.89. The SMILES string of the molecule is CNC(=O)c1cc(Oc2ccc3c(c2)CC(NC(=O)c2ccccc2-c2c(C)n[nH]c2C)CC3)ccn1. The number of aromatic nitrogens is 3. The number of hydrogen-bond acceptors (Lipinski definition) is 5. The first kappa shape index (κ1) is 24.2. The zero-order valence-electron chi connectivity index (χ0n) is 21.1. The second-order valence-corrected chi connectivity index (χ2v) is 9.26. The molecule has 3 N–H and O–H groups in total. The summed E-state index contributed by atoms with van der Waals surface area (Å²) in [6.45, 7) is 3.91. The van der Waals surface area contributed by atoms with Crippen LogP contribution >= 0.6 is 0 Å². The van der Waals surface area contributed by atoms with Crippen LogP contribution in [0.25, 0.3) is 11.1 Å². The number of pyridine rings is 1. The predicted octanol–water partition coefficient (Wildman–Crippen LogP) is 4.53. The first-order valence-corrected chi connectivity index (χ1v) is 12.3. The van der Waals surface area contributed by atoms with Crippen molar-refractivity contribution < 1.29 is 14.3 Å². The van der Waals surface area contributed by atoms with Gasteiger partial charge >= 0.3 is 0 Å². The number of aromatic amines is 1. The number of H-pyrrole nitrogens is 1. The summed E-state index contributed by atoms with van der Waals surface area (Å²) in [6, 6.07) is 17.0. The molecule has 8 nitrogen and oxygen atoms in total. The molecule has 0 aliphatic heterocycles. The van der Waals surface area contributed by atoms with Crippen molar-refractivity contribution >= 4 is 11.8 Å². The summed E-state index contributed by atoms with van der Waals surface area (Å²) in [5, 5.41) is 13.1. The summed E-state index contributed by atoms with van der Waals surface area (Å²) in [7, 11) is 1.56. The topological polar surface area (TPSA) is 109 Å². The van der Waals surface area contributed by atoms with Gasteiger partial charge in [-0.1, -0.05) is 24.3 Å². The number of nitrogens with zero attached hydrogens (tertiary/aromatic N) is 2. The summed E-state index contributed by atoms with van der Waals surface area (Å²) >= 11 is 0. The maximum Gasteiger partial charge on any atom is 0.269 e. The molecule has 0 radical (unpaired) electrons. The Hall–Kier alpha value is -4.46. The van der Waals surface area contributed by atoms with Gasteiger partial charge in [-0.25, -0.2) is 0 Å². The van der Waals surface area contributed by atoms with E-state index >= 15 is 0 Å². The zero-order chi connectivity index (χ0) is 25.9. The van der Waals surface area contributed by atoms with Crippen molar-refractivity contribution in [2.75, 3.05) is 7.05 Å². The lowest BCUT2D eigenvalue weighted by atomic mass is 9.87. The van der Waals surface area contributed by atoms with E-state index in [2.05, 4.69) is 31.9 Å². The average molecular weight is 496 g/mol. The lowest BCUT2D eigenvalue weighted by Gasteiger charge is -2.26. The highest BCUT2D eigenvalue weighted by Crippen LogP contribution is 2.31. The minimum Gasteiger partial charge on any atom is -0.457 e. The Morgan fingerprint density at radius 3 is 2.59 bits per heavy atom. The number of nitrogens with one attached hydrogen (secondary N) is 3. The van der Waals surface area contributed by atoms with E-state index in [-0.39, 0.29) is 17.9 Å². The molecule has 1 atom stereocenters. The van der Waals surface area contributed by atoms with Gasteiger partial charge in [-0.2, -0.15) is 5.10 Å². The highest BCUT2D eigenvalue weighted by Gasteiger charge is 2.24. The van der Waals surface area contributed by atoms with Crippen molar-refractivity contribution in [2.45, 2.75) is 39.2 Å². The third-order valence-corrected chi connectivity index (χ3v) is 6.74. The van der Waals surface area contributed by atoms with Gasteiger partial charge in [0.05, 0.1) is 5.69 Å². The minimum atomic E-state index is -0.269. The standard InChI is InChI=1S/C29H29N5O3/c1-17-27(18(2)34-33-17)24-6-4-5-7-25(24)28(35)32-21-10-8-19-9-11-22(15-20(19)14-21)37-23-12-13-31-26(16-23)29(36)30-3/h4-7,9,11-13,15-16,21H,8,10,14H2,1-3H3,(H,30,36)(H,32,35)(H,33,34). The van der Waals surface area contributed by atoms with Crippen LogP contribution in [0.3, 0.4) is 0 Å². The van der Waals surface area contributed by atoms with E-state index in [4.69, 9.17) is 4.74 Å². The largest absolute Gasteiger partial charge is 0.457 e. The summed E-state index contributed by atoms with van der Waals surface area (Å²) in [4.78, 5) is 29.3. The van der Waals surface area contributed by atoms with Gasteiger partial charge < -0.3 is 15.4 Å². The number of hydrogen-bond donors (Lipinski definition) is 3. The number of amides is 2. The predicted molar refractivity (Wildman–Crippen MR) is 141 cm³/mol. The van der Waals surface area contributed by atoms with Crippen LogP contribution in [0, 0.1) is 13.8 Å². The summed E-state index contributed by atoms with van der Waals surface area (Å²) in [6.07, 6.45) is 4.00. The molecule has 1 aliphatic carbocycles. The minimum absolute atomic E-state index is 0.00984. The zero-order valence-corrected chi connectivity index (χ0v) is 21.1. The molecule has 37 heavy (non-hydrogen) atoms. The molecule has 4 aromatic rings. The van der Waals surface area contributed by atoms with Crippen LogP contribution in [-0.2, 0) is 12.8 Å². The van der Waals surface area contributed by atoms with Crippen molar-refractivity contribution in [1.82, 2.24) is 25.8 Å². The van der Waals surface area contributed by atoms with Crippen LogP contribution in [0.5, 0.6) is 11.5 Å². The second kappa shape index (κ2) is 10.3. The van der Waals surface area contributed by atoms with Crippen molar-refractivity contribution in [3.05, 3.63) is 94.6 Å². The Morgan fingerprint density at radius 1 is 1.00 bits per heavy atom. The van der Waals surface area contributed by atoms with Crippen LogP contribution < -0.4 is 15.4 Å². The van der Waals surface area contributed by atoms with E-state index in [1.165, 1.54) is 5.56 Å². The van der Waals surface area contributed by atoms with E-state index in [0.29, 0.717) is 29.2 Å². The molecule has 0 saturated heterocycles. The van der Waals surface area contributed by atoms with Crippen LogP contribution in [-0.4, -0.2) is 40.1 Å². The molecule has 0 saturated carbocycles. The molecule has 2 aromatic heterocycles. The third-order valence-electron chi connectivity index (χ3n) is 6.74. The van der Waals surface area contributed by atoms with E-state index in [9.17, 15) is 9.59 Å². The van der Waals surface area contributed by atoms with Gasteiger partial charge in [-0.05, 0) is 74.1 Å². The number of carbonyl (C=O) groups excluding carboxylic acids is 2. The fraction of sp³-hybridized carbons (Fsp3) is 0.241. The van der Waals surface area contributed by atoms with Crippen LogP contribution in [0.4, 0.5) is 0 Å². The number of carbonyl (C=O) groups is 2. The molecule has 188 valence electrons. The molecule has 1 aliphatic rings. The van der Waals surface area contributed by atoms with Gasteiger partial charge in [0.15, 0.2) is 0 Å². The van der Waals surface area contributed by atoms with E-state index in [1.54, 1.807) is 25.4 Å². The molecule has 2 heterocycles. The van der Waals surface area contributed by atoms with Gasteiger partial charge in [-0.15, -0.1) is 0 Å². The van der Waals surface area contributed by atoms with Crippen molar-refractivity contribution in [1.29, 1.82) is 0 Å². The normalized spacial score (nSPS) is 14.5. The Bertz CT molecular complexity index is 1460. The monoisotopic (exact) mass is 495 g/mol. The molecular formula is C29H29N5O3. The number of benzene rings is 2. The molecule has 0 bridgehead atoms. The maximum atomic E-state index is 13.4. The molecule has 1 unspecified atom stereocenters. The number of fused-ring (bicyclic) bond motifs is 1. The van der Waals surface area contributed by atoms with Crippen molar-refractivity contribution in [3.8, 4) is 22.6 Å². The summed E-state index contributed by atoms with van der Waals surface area (Å²) in [5.74, 6) is 0.857. The Balaban J connectivity index is 1.31. The number of ether oxygens (including phenoxy) is 1. The lowest BCUT2D eigenvalue weighted by molar-refractivity contribution is 0.0931. The smallest absolute Gasteiger partial charge is 0.269 e. The molecule has 2 aromatic carbocycles. The Kier molecular flexibility index (Phi) is 6.72. The first-order valence-electron chi connectivity index (χ1n) is 12.3. The van der Waals surface area contributed by atoms with Gasteiger partial charge in [0.1, 0.15) is 17.2 Å². The van der Waals surface area contributed by atoms with Gasteiger partial charge in [0, 0.05) is 42.2 Å². The van der Waals surface area contributed by atoms with E-state index in [1.807, 2.05) is 50.2 Å². The molecule has 0 spiro atoms. The summed E-state index contributed by atoms with van der Waals surface area (Å²) < 4.78 is 6.03. The highest BCUT2D eigenvalue weighted by atomic mass is 16.5. The van der Waals surface area contributed by atoms with Gasteiger partial charge in [-0.3, -0.25) is 19.7 Å². The van der Waals surface area contributed by atoms with E-state index in [0.717, 1.165) is 40.9 Å². The van der Waals surface area contributed by atoms with Crippen LogP contribution in [0.1, 0.15) is 49.8 Å². The summed E-state index contributed by atoms with van der Waals surface area (Å²) in [5.41, 5.74) is 6.99. The molecule has 5 rings (SSSR count). The third kappa shape index (κ3) is 5.09. The van der Waals surface area contributed by atoms with Gasteiger partial charge in [0.2, 0.25) is 0 Å². The fourth-order valence-electron chi connectivity index (χ4n) is 4.89. The number of aryl methyl sites for hydroxylation is 3. The van der Waals surface area contributed by atoms with Crippen molar-refractivity contribution in [2.24, 2.45) is 0 Å².